The van der Waals surface area contributed by atoms with Crippen molar-refractivity contribution >= 4 is 11.6 Å². The second-order valence-corrected chi connectivity index (χ2v) is 7.10. The quantitative estimate of drug-likeness (QED) is 0.838. The summed E-state index contributed by atoms with van der Waals surface area (Å²) in [6.45, 7) is 8.07. The molecule has 1 amide bonds. The van der Waals surface area contributed by atoms with E-state index < -0.39 is 0 Å². The molecule has 0 radical (unpaired) electrons. The van der Waals surface area contributed by atoms with Crippen LogP contribution in [-0.2, 0) is 6.54 Å². The molecule has 4 heteroatoms. The number of anilines is 1. The lowest BCUT2D eigenvalue weighted by Gasteiger charge is -2.30. The second-order valence-electron chi connectivity index (χ2n) is 7.10. The topological polar surface area (TPSA) is 44.4 Å². The van der Waals surface area contributed by atoms with Crippen molar-refractivity contribution in [1.29, 1.82) is 0 Å². The third kappa shape index (κ3) is 4.64. The first-order valence-electron chi connectivity index (χ1n) is 9.58. The molecule has 2 unspecified atom stereocenters. The molecule has 1 fully saturated rings. The minimum Gasteiger partial charge on any atom is -0.367 e. The summed E-state index contributed by atoms with van der Waals surface area (Å²) in [5, 5.41) is 6.56. The van der Waals surface area contributed by atoms with E-state index in [1.54, 1.807) is 0 Å². The van der Waals surface area contributed by atoms with Crippen molar-refractivity contribution in [3.8, 4) is 0 Å². The fourth-order valence-corrected chi connectivity index (χ4v) is 3.49. The van der Waals surface area contributed by atoms with Gasteiger partial charge in [-0.2, -0.15) is 0 Å². The molecular formula is C22H29N3O. The van der Waals surface area contributed by atoms with Crippen LogP contribution >= 0.6 is 0 Å². The largest absolute Gasteiger partial charge is 0.367 e. The normalized spacial score (nSPS) is 19.8. The fraction of sp³-hybridized carbons (Fsp3) is 0.409. The smallest absolute Gasteiger partial charge is 0.251 e. The van der Waals surface area contributed by atoms with Gasteiger partial charge in [-0.25, -0.2) is 0 Å². The molecule has 1 saturated heterocycles. The number of benzene rings is 2. The molecule has 0 aromatic heterocycles. The van der Waals surface area contributed by atoms with Gasteiger partial charge in [-0.05, 0) is 62.2 Å². The minimum absolute atomic E-state index is 0.0291. The Labute approximate surface area is 156 Å². The summed E-state index contributed by atoms with van der Waals surface area (Å²) >= 11 is 0. The minimum atomic E-state index is 0.0291. The summed E-state index contributed by atoms with van der Waals surface area (Å²) in [6.07, 6.45) is 0.992. The molecule has 0 bridgehead atoms. The van der Waals surface area contributed by atoms with Gasteiger partial charge < -0.3 is 15.5 Å². The van der Waals surface area contributed by atoms with E-state index in [1.165, 1.54) is 5.56 Å². The van der Waals surface area contributed by atoms with Gasteiger partial charge in [0.1, 0.15) is 0 Å². The van der Waals surface area contributed by atoms with Gasteiger partial charge in [-0.15, -0.1) is 0 Å². The van der Waals surface area contributed by atoms with E-state index in [0.717, 1.165) is 43.9 Å². The highest BCUT2D eigenvalue weighted by Gasteiger charge is 2.23. The van der Waals surface area contributed by atoms with Crippen LogP contribution in [0.15, 0.2) is 54.6 Å². The van der Waals surface area contributed by atoms with Crippen LogP contribution in [0.5, 0.6) is 0 Å². The first kappa shape index (κ1) is 18.5. The van der Waals surface area contributed by atoms with E-state index in [-0.39, 0.29) is 11.9 Å². The molecule has 2 aromatic carbocycles. The van der Waals surface area contributed by atoms with Crippen molar-refractivity contribution in [2.45, 2.75) is 32.9 Å². The molecule has 26 heavy (non-hydrogen) atoms. The van der Waals surface area contributed by atoms with Gasteiger partial charge in [-0.1, -0.05) is 37.3 Å². The van der Waals surface area contributed by atoms with E-state index in [1.807, 2.05) is 30.3 Å². The van der Waals surface area contributed by atoms with Crippen LogP contribution in [0.3, 0.4) is 0 Å². The lowest BCUT2D eigenvalue weighted by atomic mass is 9.95. The van der Waals surface area contributed by atoms with E-state index in [9.17, 15) is 4.79 Å². The Bertz CT molecular complexity index is 699. The number of carbonyl (C=O) groups is 1. The summed E-state index contributed by atoms with van der Waals surface area (Å²) in [4.78, 5) is 14.9. The maximum Gasteiger partial charge on any atom is 0.251 e. The maximum atomic E-state index is 12.6. The summed E-state index contributed by atoms with van der Waals surface area (Å²) in [7, 11) is 0. The lowest BCUT2D eigenvalue weighted by molar-refractivity contribution is 0.0914. The van der Waals surface area contributed by atoms with Gasteiger partial charge in [0.2, 0.25) is 0 Å². The molecule has 0 aliphatic carbocycles. The predicted molar refractivity (Wildman–Crippen MR) is 108 cm³/mol. The Kier molecular flexibility index (Phi) is 6.29. The number of carbonyl (C=O) groups excluding carboxylic acids is 1. The average molecular weight is 351 g/mol. The fourth-order valence-electron chi connectivity index (χ4n) is 3.49. The van der Waals surface area contributed by atoms with Crippen molar-refractivity contribution in [1.82, 2.24) is 10.6 Å². The highest BCUT2D eigenvalue weighted by molar-refractivity contribution is 5.94. The van der Waals surface area contributed by atoms with Gasteiger partial charge in [0.25, 0.3) is 5.91 Å². The van der Waals surface area contributed by atoms with Crippen molar-refractivity contribution in [3.63, 3.8) is 0 Å². The highest BCUT2D eigenvalue weighted by Crippen LogP contribution is 2.19. The molecule has 0 saturated carbocycles. The van der Waals surface area contributed by atoms with Gasteiger partial charge in [-0.3, -0.25) is 4.79 Å². The summed E-state index contributed by atoms with van der Waals surface area (Å²) in [5.74, 6) is 0.495. The Morgan fingerprint density at radius 2 is 1.88 bits per heavy atom. The van der Waals surface area contributed by atoms with E-state index in [2.05, 4.69) is 53.6 Å². The zero-order valence-corrected chi connectivity index (χ0v) is 15.7. The van der Waals surface area contributed by atoms with E-state index in [4.69, 9.17) is 0 Å². The first-order valence-corrected chi connectivity index (χ1v) is 9.58. The second kappa shape index (κ2) is 8.86. The number of nitrogens with one attached hydrogen (secondary N) is 2. The summed E-state index contributed by atoms with van der Waals surface area (Å²) < 4.78 is 0. The molecule has 138 valence electrons. The number of piperidine rings is 1. The summed E-state index contributed by atoms with van der Waals surface area (Å²) in [5.41, 5.74) is 3.16. The lowest BCUT2D eigenvalue weighted by Crippen LogP contribution is -2.48. The Balaban J connectivity index is 1.64. The summed E-state index contributed by atoms with van der Waals surface area (Å²) in [6, 6.07) is 18.7. The molecule has 0 spiro atoms. The first-order chi connectivity index (χ1) is 12.7. The van der Waals surface area contributed by atoms with Crippen molar-refractivity contribution < 1.29 is 4.79 Å². The number of hydrogen-bond acceptors (Lipinski definition) is 3. The van der Waals surface area contributed by atoms with Crippen LogP contribution in [0.4, 0.5) is 5.69 Å². The van der Waals surface area contributed by atoms with Gasteiger partial charge in [0, 0.05) is 30.4 Å². The highest BCUT2D eigenvalue weighted by atomic mass is 16.1. The monoisotopic (exact) mass is 351 g/mol. The molecule has 4 nitrogen and oxygen atoms in total. The van der Waals surface area contributed by atoms with Gasteiger partial charge in [0.15, 0.2) is 0 Å². The number of amides is 1. The van der Waals surface area contributed by atoms with Crippen LogP contribution in [0.25, 0.3) is 0 Å². The molecule has 2 N–H and O–H groups in total. The van der Waals surface area contributed by atoms with Crippen molar-refractivity contribution in [2.24, 2.45) is 5.92 Å². The molecular weight excluding hydrogens is 322 g/mol. The predicted octanol–water partition coefficient (Wildman–Crippen LogP) is 3.44. The number of rotatable bonds is 6. The Hall–Kier alpha value is -2.33. The van der Waals surface area contributed by atoms with Crippen LogP contribution in [0.2, 0.25) is 0 Å². The van der Waals surface area contributed by atoms with Gasteiger partial charge >= 0.3 is 0 Å². The van der Waals surface area contributed by atoms with Crippen molar-refractivity contribution in [2.75, 3.05) is 24.5 Å². The van der Waals surface area contributed by atoms with E-state index in [0.29, 0.717) is 5.92 Å². The molecule has 1 heterocycles. The van der Waals surface area contributed by atoms with E-state index >= 15 is 0 Å². The van der Waals surface area contributed by atoms with Crippen molar-refractivity contribution in [3.05, 3.63) is 65.7 Å². The average Bonchev–Trinajstić information content (AvgIpc) is 2.69. The van der Waals surface area contributed by atoms with Crippen LogP contribution in [0.1, 0.15) is 36.2 Å². The number of nitrogens with zero attached hydrogens (tertiary/aromatic N) is 1. The number of hydrogen-bond donors (Lipinski definition) is 2. The Morgan fingerprint density at radius 3 is 2.54 bits per heavy atom. The Morgan fingerprint density at radius 1 is 1.15 bits per heavy atom. The molecule has 1 aliphatic heterocycles. The molecule has 3 rings (SSSR count). The van der Waals surface area contributed by atoms with Crippen LogP contribution in [0, 0.1) is 5.92 Å². The maximum absolute atomic E-state index is 12.6. The molecule has 2 atom stereocenters. The van der Waals surface area contributed by atoms with Gasteiger partial charge in [0.05, 0.1) is 0 Å². The third-order valence-electron chi connectivity index (χ3n) is 5.19. The molecule has 1 aliphatic rings. The van der Waals surface area contributed by atoms with Crippen LogP contribution < -0.4 is 15.5 Å². The van der Waals surface area contributed by atoms with Crippen LogP contribution in [-0.4, -0.2) is 31.6 Å². The standard InChI is InChI=1S/C22H29N3O/c1-3-25(16-18-7-5-4-6-8-18)20-11-9-19(10-12-20)22(26)24-21-13-14-23-15-17(21)2/h4-12,17,21,23H,3,13-16H2,1-2H3,(H,24,26). The SMILES string of the molecule is CCN(Cc1ccccc1)c1ccc(C(=O)NC2CCNCC2C)cc1. The zero-order valence-electron chi connectivity index (χ0n) is 15.7. The molecule has 2 aromatic rings. The zero-order chi connectivity index (χ0) is 18.4. The third-order valence-corrected chi connectivity index (χ3v) is 5.19.